The van der Waals surface area contributed by atoms with E-state index in [9.17, 15) is 0 Å². The Morgan fingerprint density at radius 3 is 1.75 bits per heavy atom. The predicted octanol–water partition coefficient (Wildman–Crippen LogP) is 5.34. The molecule has 0 radical (unpaired) electrons. The minimum atomic E-state index is 0.0103. The van der Waals surface area contributed by atoms with Crippen molar-refractivity contribution in [2.45, 2.75) is 18.4 Å². The van der Waals surface area contributed by atoms with Gasteiger partial charge in [-0.3, -0.25) is 0 Å². The zero-order valence-electron chi connectivity index (χ0n) is 13.4. The van der Waals surface area contributed by atoms with Crippen LogP contribution in [0.5, 0.6) is 0 Å². The lowest BCUT2D eigenvalue weighted by Crippen LogP contribution is -2.13. The van der Waals surface area contributed by atoms with Crippen LogP contribution in [0.15, 0.2) is 96.2 Å². The molecule has 1 heterocycles. The van der Waals surface area contributed by atoms with Gasteiger partial charge in [0.15, 0.2) is 6.10 Å². The third-order valence-electron chi connectivity index (χ3n) is 4.46. The highest BCUT2D eigenvalue weighted by Gasteiger charge is 2.30. The Bertz CT molecular complexity index is 773. The highest BCUT2D eigenvalue weighted by Crippen LogP contribution is 2.35. The maximum Gasteiger partial charge on any atom is 0.157 e. The molecule has 3 aromatic carbocycles. The Balaban J connectivity index is 1.66. The molecular weight excluding hydrogens is 294 g/mol. The lowest BCUT2D eigenvalue weighted by molar-refractivity contribution is 0.0857. The third kappa shape index (κ3) is 2.95. The summed E-state index contributed by atoms with van der Waals surface area (Å²) in [5.41, 5.74) is 4.76. The van der Waals surface area contributed by atoms with Crippen molar-refractivity contribution in [1.29, 1.82) is 0 Å². The minimum Gasteiger partial charge on any atom is -0.387 e. The second-order valence-electron chi connectivity index (χ2n) is 6.05. The summed E-state index contributed by atoms with van der Waals surface area (Å²) < 4.78 is 0. The fraction of sp³-hybridized carbons (Fsp3) is 0.136. The first kappa shape index (κ1) is 14.7. The van der Waals surface area contributed by atoms with Crippen LogP contribution in [0.4, 0.5) is 0 Å². The number of rotatable bonds is 4. The van der Waals surface area contributed by atoms with E-state index < -0.39 is 0 Å². The Morgan fingerprint density at radius 2 is 1.21 bits per heavy atom. The maximum atomic E-state index is 5.76. The van der Waals surface area contributed by atoms with Gasteiger partial charge in [-0.05, 0) is 16.7 Å². The molecule has 0 saturated heterocycles. The first-order valence-corrected chi connectivity index (χ1v) is 8.29. The topological polar surface area (TPSA) is 21.6 Å². The molecule has 0 aromatic heterocycles. The Hall–Kier alpha value is -2.87. The van der Waals surface area contributed by atoms with Gasteiger partial charge in [0.2, 0.25) is 0 Å². The number of hydrogen-bond donors (Lipinski definition) is 0. The average Bonchev–Trinajstić information content (AvgIpc) is 3.14. The van der Waals surface area contributed by atoms with Gasteiger partial charge in [-0.2, -0.15) is 0 Å². The number of hydrogen-bond acceptors (Lipinski definition) is 2. The van der Waals surface area contributed by atoms with Crippen molar-refractivity contribution in [3.63, 3.8) is 0 Å². The summed E-state index contributed by atoms with van der Waals surface area (Å²) >= 11 is 0. The van der Waals surface area contributed by atoms with E-state index in [0.717, 1.165) is 12.1 Å². The van der Waals surface area contributed by atoms with Crippen LogP contribution < -0.4 is 0 Å². The molecule has 0 bridgehead atoms. The van der Waals surface area contributed by atoms with Crippen molar-refractivity contribution in [2.24, 2.45) is 5.16 Å². The van der Waals surface area contributed by atoms with Crippen LogP contribution >= 0.6 is 0 Å². The molecule has 1 atom stereocenters. The van der Waals surface area contributed by atoms with E-state index in [1.165, 1.54) is 16.7 Å². The van der Waals surface area contributed by atoms with Gasteiger partial charge >= 0.3 is 0 Å². The van der Waals surface area contributed by atoms with E-state index in [-0.39, 0.29) is 12.0 Å². The normalized spacial score (nSPS) is 16.7. The van der Waals surface area contributed by atoms with Gasteiger partial charge in [-0.25, -0.2) is 0 Å². The molecule has 0 fully saturated rings. The van der Waals surface area contributed by atoms with Crippen LogP contribution in [0.3, 0.4) is 0 Å². The molecule has 2 nitrogen and oxygen atoms in total. The summed E-state index contributed by atoms with van der Waals surface area (Å²) in [7, 11) is 0. The van der Waals surface area contributed by atoms with Crippen molar-refractivity contribution in [1.82, 2.24) is 0 Å². The summed E-state index contributed by atoms with van der Waals surface area (Å²) in [5.74, 6) is 0.140. The molecule has 0 N–H and O–H groups in total. The quantitative estimate of drug-likeness (QED) is 0.637. The van der Waals surface area contributed by atoms with E-state index in [0.29, 0.717) is 0 Å². The van der Waals surface area contributed by atoms with Gasteiger partial charge in [-0.15, -0.1) is 0 Å². The zero-order valence-corrected chi connectivity index (χ0v) is 13.4. The van der Waals surface area contributed by atoms with Crippen molar-refractivity contribution in [3.8, 4) is 0 Å². The lowest BCUT2D eigenvalue weighted by Gasteiger charge is -2.17. The van der Waals surface area contributed by atoms with Gasteiger partial charge in [0.05, 0.1) is 11.6 Å². The highest BCUT2D eigenvalue weighted by molar-refractivity contribution is 5.94. The van der Waals surface area contributed by atoms with E-state index in [4.69, 9.17) is 4.84 Å². The molecule has 24 heavy (non-hydrogen) atoms. The smallest absolute Gasteiger partial charge is 0.157 e. The Kier molecular flexibility index (Phi) is 4.11. The largest absolute Gasteiger partial charge is 0.387 e. The van der Waals surface area contributed by atoms with Crippen LogP contribution in [0.1, 0.15) is 35.1 Å². The molecule has 1 aliphatic heterocycles. The number of nitrogens with zero attached hydrogens (tertiary/aromatic N) is 1. The molecule has 118 valence electrons. The van der Waals surface area contributed by atoms with E-state index in [1.807, 2.05) is 30.3 Å². The first-order valence-electron chi connectivity index (χ1n) is 8.29. The van der Waals surface area contributed by atoms with Crippen LogP contribution in [-0.2, 0) is 4.84 Å². The summed E-state index contributed by atoms with van der Waals surface area (Å²) in [4.78, 5) is 5.76. The summed E-state index contributed by atoms with van der Waals surface area (Å²) in [6.07, 6.45) is 0.828. The van der Waals surface area contributed by atoms with Crippen molar-refractivity contribution in [3.05, 3.63) is 108 Å². The van der Waals surface area contributed by atoms with Crippen molar-refractivity contribution in [2.75, 3.05) is 0 Å². The van der Waals surface area contributed by atoms with Gasteiger partial charge in [0.25, 0.3) is 0 Å². The van der Waals surface area contributed by atoms with Gasteiger partial charge < -0.3 is 4.84 Å². The molecule has 0 amide bonds. The monoisotopic (exact) mass is 313 g/mol. The van der Waals surface area contributed by atoms with E-state index in [2.05, 4.69) is 65.8 Å². The lowest BCUT2D eigenvalue weighted by atomic mass is 9.84. The predicted molar refractivity (Wildman–Crippen MR) is 97.0 cm³/mol. The van der Waals surface area contributed by atoms with Crippen LogP contribution in [-0.4, -0.2) is 5.71 Å². The second kappa shape index (κ2) is 6.71. The maximum absolute atomic E-state index is 5.76. The SMILES string of the molecule is c1ccc(C2CC(C(c3ccccc3)c3ccccc3)=NO2)cc1. The third-order valence-corrected chi connectivity index (χ3v) is 4.46. The molecular formula is C22H19NO. The Labute approximate surface area is 142 Å². The fourth-order valence-corrected chi connectivity index (χ4v) is 3.28. The standard InChI is InChI=1S/C22H19NO/c1-4-10-17(11-5-1)21-16-20(23-24-21)22(18-12-6-2-7-13-18)19-14-8-3-9-15-19/h1-15,21-22H,16H2. The summed E-state index contributed by atoms with van der Waals surface area (Å²) in [6, 6.07) is 31.4. The molecule has 0 saturated carbocycles. The van der Waals surface area contributed by atoms with Crippen molar-refractivity contribution >= 4 is 5.71 Å². The second-order valence-corrected chi connectivity index (χ2v) is 6.05. The molecule has 1 aliphatic rings. The summed E-state index contributed by atoms with van der Waals surface area (Å²) in [6.45, 7) is 0. The van der Waals surface area contributed by atoms with Crippen LogP contribution in [0.2, 0.25) is 0 Å². The minimum absolute atomic E-state index is 0.0103. The zero-order chi connectivity index (χ0) is 16.2. The molecule has 1 unspecified atom stereocenters. The molecule has 3 aromatic rings. The molecule has 2 heteroatoms. The number of benzene rings is 3. The fourth-order valence-electron chi connectivity index (χ4n) is 3.28. The van der Waals surface area contributed by atoms with Gasteiger partial charge in [0, 0.05) is 6.42 Å². The first-order chi connectivity index (χ1) is 11.9. The van der Waals surface area contributed by atoms with Crippen molar-refractivity contribution < 1.29 is 4.84 Å². The molecule has 0 spiro atoms. The van der Waals surface area contributed by atoms with E-state index >= 15 is 0 Å². The number of oxime groups is 1. The molecule has 0 aliphatic carbocycles. The Morgan fingerprint density at radius 1 is 0.708 bits per heavy atom. The van der Waals surface area contributed by atoms with Crippen LogP contribution in [0, 0.1) is 0 Å². The van der Waals surface area contributed by atoms with Gasteiger partial charge in [-0.1, -0.05) is 96.2 Å². The highest BCUT2D eigenvalue weighted by atomic mass is 16.6. The molecule has 4 rings (SSSR count). The summed E-state index contributed by atoms with van der Waals surface area (Å²) in [5, 5.41) is 4.46. The van der Waals surface area contributed by atoms with Gasteiger partial charge in [0.1, 0.15) is 0 Å². The van der Waals surface area contributed by atoms with Crippen LogP contribution in [0.25, 0.3) is 0 Å². The average molecular weight is 313 g/mol. The van der Waals surface area contributed by atoms with E-state index in [1.54, 1.807) is 0 Å².